The van der Waals surface area contributed by atoms with Gasteiger partial charge in [-0.1, -0.05) is 37.3 Å². The quantitative estimate of drug-likeness (QED) is 0.614. The van der Waals surface area contributed by atoms with Gasteiger partial charge >= 0.3 is 0 Å². The second kappa shape index (κ2) is 24.7. The summed E-state index contributed by atoms with van der Waals surface area (Å²) in [5.41, 5.74) is 1.41. The van der Waals surface area contributed by atoms with Crippen LogP contribution in [-0.4, -0.2) is 0 Å². The van der Waals surface area contributed by atoms with E-state index in [0.717, 1.165) is 6.42 Å². The predicted octanol–water partition coefficient (Wildman–Crippen LogP) is 3.53. The van der Waals surface area contributed by atoms with Crippen molar-refractivity contribution in [2.75, 3.05) is 0 Å². The van der Waals surface area contributed by atoms with Crippen LogP contribution in [0.5, 0.6) is 0 Å². The van der Waals surface area contributed by atoms with E-state index in [1.54, 1.807) is 6.92 Å². The Morgan fingerprint density at radius 3 is 1.50 bits per heavy atom. The molecular weight excluding hydrogens is 399 g/mol. The Labute approximate surface area is 165 Å². The van der Waals surface area contributed by atoms with Crippen LogP contribution in [-0.2, 0) is 105 Å². The van der Waals surface area contributed by atoms with E-state index in [9.17, 15) is 0 Å². The molecule has 1 aromatic rings. The van der Waals surface area contributed by atoms with Gasteiger partial charge in [-0.2, -0.15) is 6.92 Å². The van der Waals surface area contributed by atoms with Crippen LogP contribution in [0.1, 0.15) is 19.4 Å². The van der Waals surface area contributed by atoms with E-state index in [2.05, 4.69) is 38.1 Å². The summed E-state index contributed by atoms with van der Waals surface area (Å²) < 4.78 is 0. The molecule has 0 aliphatic carbocycles. The average molecular weight is 417 g/mol. The third kappa shape index (κ3) is 16.9. The molecule has 0 fully saturated rings. The zero-order valence-corrected chi connectivity index (χ0v) is 18.0. The summed E-state index contributed by atoms with van der Waals surface area (Å²) in [5.74, 6) is 0. The summed E-state index contributed by atoms with van der Waals surface area (Å²) in [5, 5.41) is 0. The second-order valence-corrected chi connectivity index (χ2v) is 1.84. The molecule has 3 heteroatoms. The Balaban J connectivity index is -0.0000000425. The van der Waals surface area contributed by atoms with Gasteiger partial charge in [-0.15, -0.1) is 0 Å². The van der Waals surface area contributed by atoms with E-state index in [1.807, 2.05) is 6.07 Å². The first kappa shape index (κ1) is 30.0. The van der Waals surface area contributed by atoms with Gasteiger partial charge in [-0.3, -0.25) is 0 Å². The van der Waals surface area contributed by atoms with Crippen LogP contribution in [0, 0.1) is 14.4 Å². The Morgan fingerprint density at radius 2 is 1.29 bits per heavy atom. The van der Waals surface area contributed by atoms with Crippen LogP contribution in [0.25, 0.3) is 0 Å². The van der Waals surface area contributed by atoms with Crippen molar-refractivity contribution >= 4 is 0 Å². The summed E-state index contributed by atoms with van der Waals surface area (Å²) in [6.45, 7) is 7.16. The Morgan fingerprint density at radius 1 is 0.929 bits per heavy atom. The van der Waals surface area contributed by atoms with Crippen molar-refractivity contribution in [3.8, 4) is 0 Å². The van der Waals surface area contributed by atoms with E-state index in [0.29, 0.717) is 0 Å². The largest absolute Gasteiger partial charge is 0.358 e. The number of hydrogen-bond acceptors (Lipinski definition) is 0. The maximum atomic E-state index is 3.25. The molecule has 1 rings (SSSR count). The van der Waals surface area contributed by atoms with Gasteiger partial charge < -0.3 is 14.4 Å². The predicted molar refractivity (Wildman–Crippen MR) is 53.3 cm³/mol. The van der Waals surface area contributed by atoms with Crippen LogP contribution in [0.4, 0.5) is 0 Å². The molecule has 0 aliphatic heterocycles. The normalized spacial score (nSPS) is 5.64. The smallest absolute Gasteiger partial charge is 0 e. The molecule has 0 atom stereocenters. The van der Waals surface area contributed by atoms with Gasteiger partial charge in [0.25, 0.3) is 0 Å². The van der Waals surface area contributed by atoms with E-state index in [1.165, 1.54) is 5.56 Å². The molecule has 0 N–H and O–H groups in total. The van der Waals surface area contributed by atoms with E-state index >= 15 is 0 Å². The van der Waals surface area contributed by atoms with Gasteiger partial charge in [-0.25, -0.2) is 0 Å². The minimum Gasteiger partial charge on any atom is -0.358 e. The molecule has 0 heterocycles. The number of benzene rings is 1. The van der Waals surface area contributed by atoms with Gasteiger partial charge in [0.1, 0.15) is 0 Å². The van der Waals surface area contributed by atoms with Gasteiger partial charge in [0.2, 0.25) is 0 Å². The summed E-state index contributed by atoms with van der Waals surface area (Å²) in [4.78, 5) is 0. The number of hydrogen-bond donors (Lipinski definition) is 0. The Kier molecular flexibility index (Phi) is 52.8. The molecular formula is C11H18Y3-2. The van der Waals surface area contributed by atoms with Crippen LogP contribution >= 0.6 is 0 Å². The van der Waals surface area contributed by atoms with Gasteiger partial charge in [0.15, 0.2) is 0 Å². The monoisotopic (exact) mass is 417 g/mol. The topological polar surface area (TPSA) is 0 Å². The molecule has 0 saturated carbocycles. The molecule has 0 unspecified atom stereocenters. The first-order chi connectivity index (χ1) is 4.93. The number of rotatable bonds is 1. The van der Waals surface area contributed by atoms with Gasteiger partial charge in [0.05, 0.1) is 0 Å². The fourth-order valence-electron chi connectivity index (χ4n) is 0.714. The molecule has 0 amide bonds. The molecule has 73 valence electrons. The van der Waals surface area contributed by atoms with Crippen molar-refractivity contribution in [1.29, 1.82) is 0 Å². The summed E-state index contributed by atoms with van der Waals surface area (Å²) in [6, 6.07) is 10.5. The standard InChI is InChI=1S/C8H10.C2H5.CH3.3Y/c1-2-8-6-4-3-5-7-8;1-2;;;;/h3-7H,2H2,1H3;1H2,2H3;1H3;;;/q;2*-1;;;. The van der Waals surface area contributed by atoms with E-state index in [-0.39, 0.29) is 106 Å². The van der Waals surface area contributed by atoms with Crippen LogP contribution in [0.15, 0.2) is 30.3 Å². The average Bonchev–Trinajstić information content (AvgIpc) is 2.10. The minimum atomic E-state index is 0. The molecule has 3 radical (unpaired) electrons. The van der Waals surface area contributed by atoms with Crippen LogP contribution < -0.4 is 0 Å². The van der Waals surface area contributed by atoms with Crippen molar-refractivity contribution in [3.05, 3.63) is 50.2 Å². The molecule has 14 heavy (non-hydrogen) atoms. The third-order valence-electron chi connectivity index (χ3n) is 1.25. The van der Waals surface area contributed by atoms with Crippen molar-refractivity contribution in [1.82, 2.24) is 0 Å². The molecule has 0 aromatic heterocycles. The van der Waals surface area contributed by atoms with E-state index < -0.39 is 0 Å². The van der Waals surface area contributed by atoms with Crippen LogP contribution in [0.3, 0.4) is 0 Å². The molecule has 0 bridgehead atoms. The first-order valence-electron chi connectivity index (χ1n) is 3.68. The van der Waals surface area contributed by atoms with Crippen molar-refractivity contribution < 1.29 is 98.1 Å². The molecule has 0 spiro atoms. The fraction of sp³-hybridized carbons (Fsp3) is 0.273. The fourth-order valence-corrected chi connectivity index (χ4v) is 0.714. The van der Waals surface area contributed by atoms with Crippen molar-refractivity contribution in [2.45, 2.75) is 20.3 Å². The maximum absolute atomic E-state index is 3.25. The molecule has 0 saturated heterocycles. The van der Waals surface area contributed by atoms with Gasteiger partial charge in [-0.05, 0) is 12.0 Å². The van der Waals surface area contributed by atoms with E-state index in [4.69, 9.17) is 0 Å². The van der Waals surface area contributed by atoms with Crippen molar-refractivity contribution in [2.24, 2.45) is 0 Å². The summed E-state index contributed by atoms with van der Waals surface area (Å²) >= 11 is 0. The zero-order chi connectivity index (χ0) is 7.82. The SMILES string of the molecule is CCc1ccccc1.[CH2-]C.[CH3-].[Y].[Y].[Y]. The van der Waals surface area contributed by atoms with Crippen LogP contribution in [0.2, 0.25) is 0 Å². The summed E-state index contributed by atoms with van der Waals surface area (Å²) in [6.07, 6.45) is 1.14. The second-order valence-electron chi connectivity index (χ2n) is 1.84. The Bertz CT molecular complexity index is 152. The zero-order valence-electron chi connectivity index (χ0n) is 9.53. The number of aryl methyl sites for hydroxylation is 1. The molecule has 0 aliphatic rings. The third-order valence-corrected chi connectivity index (χ3v) is 1.25. The van der Waals surface area contributed by atoms with Gasteiger partial charge in [0, 0.05) is 98.1 Å². The molecule has 1 aromatic carbocycles. The maximum Gasteiger partial charge on any atom is 0 e. The first-order valence-corrected chi connectivity index (χ1v) is 3.68. The Hall–Kier alpha value is 2.53. The molecule has 0 nitrogen and oxygen atoms in total. The minimum absolute atomic E-state index is 0. The van der Waals surface area contributed by atoms with Crippen molar-refractivity contribution in [3.63, 3.8) is 0 Å². The summed E-state index contributed by atoms with van der Waals surface area (Å²) in [7, 11) is 0.